The average Bonchev–Trinajstić information content (AvgIpc) is 2.72. The van der Waals surface area contributed by atoms with Crippen LogP contribution in [0.2, 0.25) is 5.28 Å². The number of hydrogen-bond acceptors (Lipinski definition) is 5. The van der Waals surface area contributed by atoms with Crippen molar-refractivity contribution in [2.75, 3.05) is 20.1 Å². The zero-order valence-corrected chi connectivity index (χ0v) is 12.6. The summed E-state index contributed by atoms with van der Waals surface area (Å²) in [5.41, 5.74) is -0.125. The molecule has 2 aromatic heterocycles. The van der Waals surface area contributed by atoms with Crippen LogP contribution >= 0.6 is 11.6 Å². The van der Waals surface area contributed by atoms with E-state index < -0.39 is 5.54 Å². The molecule has 0 bridgehead atoms. The largest absolute Gasteiger partial charge is 0.331 e. The van der Waals surface area contributed by atoms with Crippen LogP contribution in [0.3, 0.4) is 0 Å². The van der Waals surface area contributed by atoms with Crippen LogP contribution in [0.1, 0.15) is 12.8 Å². The molecular formula is C13H15ClN6O. The first-order valence-corrected chi connectivity index (χ1v) is 7.06. The normalized spacial score (nSPS) is 18.8. The third-order valence-corrected chi connectivity index (χ3v) is 4.40. The molecule has 3 rings (SSSR count). The van der Waals surface area contributed by atoms with E-state index in [9.17, 15) is 10.1 Å². The molecule has 21 heavy (non-hydrogen) atoms. The first-order valence-electron chi connectivity index (χ1n) is 6.69. The fourth-order valence-electron chi connectivity index (χ4n) is 2.85. The number of piperidine rings is 1. The van der Waals surface area contributed by atoms with Gasteiger partial charge in [-0.25, -0.2) is 9.78 Å². The van der Waals surface area contributed by atoms with Gasteiger partial charge in [0.1, 0.15) is 11.1 Å². The Morgan fingerprint density at radius 1 is 1.38 bits per heavy atom. The predicted octanol–water partition coefficient (Wildman–Crippen LogP) is 0.728. The molecule has 0 saturated carbocycles. The van der Waals surface area contributed by atoms with E-state index in [2.05, 4.69) is 20.9 Å². The third kappa shape index (κ3) is 2.03. The van der Waals surface area contributed by atoms with Crippen LogP contribution in [-0.4, -0.2) is 44.1 Å². The molecule has 0 spiro atoms. The summed E-state index contributed by atoms with van der Waals surface area (Å²) in [5, 5.41) is 9.80. The van der Waals surface area contributed by atoms with Crippen LogP contribution in [0, 0.1) is 11.3 Å². The van der Waals surface area contributed by atoms with Gasteiger partial charge in [0.25, 0.3) is 0 Å². The molecule has 1 aliphatic heterocycles. The number of imidazole rings is 1. The Hall–Kier alpha value is -1.91. The summed E-state index contributed by atoms with van der Waals surface area (Å²) in [6.07, 6.45) is 2.68. The third-order valence-electron chi connectivity index (χ3n) is 4.22. The molecule has 0 amide bonds. The first kappa shape index (κ1) is 14.0. The van der Waals surface area contributed by atoms with Crippen molar-refractivity contribution in [1.29, 1.82) is 5.26 Å². The van der Waals surface area contributed by atoms with Gasteiger partial charge in [0.2, 0.25) is 5.28 Å². The molecule has 0 atom stereocenters. The van der Waals surface area contributed by atoms with Crippen LogP contribution in [0.15, 0.2) is 11.0 Å². The molecule has 1 fully saturated rings. The van der Waals surface area contributed by atoms with E-state index in [4.69, 9.17) is 11.6 Å². The fourth-order valence-corrected chi connectivity index (χ4v) is 2.98. The van der Waals surface area contributed by atoms with Gasteiger partial charge in [-0.3, -0.25) is 9.13 Å². The van der Waals surface area contributed by atoms with Crippen molar-refractivity contribution in [2.24, 2.45) is 7.05 Å². The number of rotatable bonds is 1. The molecule has 2 aromatic rings. The monoisotopic (exact) mass is 306 g/mol. The Balaban J connectivity index is 2.29. The lowest BCUT2D eigenvalue weighted by molar-refractivity contribution is 0.173. The number of fused-ring (bicyclic) bond motifs is 1. The molecule has 110 valence electrons. The highest BCUT2D eigenvalue weighted by Gasteiger charge is 2.39. The van der Waals surface area contributed by atoms with E-state index in [0.717, 1.165) is 13.1 Å². The topological polar surface area (TPSA) is 79.7 Å². The molecule has 0 aromatic carbocycles. The minimum atomic E-state index is -0.874. The van der Waals surface area contributed by atoms with Crippen LogP contribution in [-0.2, 0) is 12.6 Å². The van der Waals surface area contributed by atoms with Crippen molar-refractivity contribution >= 4 is 22.8 Å². The van der Waals surface area contributed by atoms with E-state index in [-0.39, 0.29) is 11.0 Å². The summed E-state index contributed by atoms with van der Waals surface area (Å²) in [5.74, 6) is 0. The van der Waals surface area contributed by atoms with E-state index >= 15 is 0 Å². The van der Waals surface area contributed by atoms with Crippen LogP contribution in [0.5, 0.6) is 0 Å². The minimum absolute atomic E-state index is 0.0721. The Bertz CT molecular complexity index is 793. The second kappa shape index (κ2) is 4.83. The maximum Gasteiger partial charge on any atom is 0.331 e. The number of nitriles is 1. The van der Waals surface area contributed by atoms with Gasteiger partial charge < -0.3 is 4.90 Å². The maximum atomic E-state index is 12.6. The molecule has 0 unspecified atom stereocenters. The average molecular weight is 307 g/mol. The highest BCUT2D eigenvalue weighted by atomic mass is 35.5. The lowest BCUT2D eigenvalue weighted by Gasteiger charge is -2.35. The number of aryl methyl sites for hydroxylation is 1. The molecule has 0 aliphatic carbocycles. The van der Waals surface area contributed by atoms with Gasteiger partial charge in [-0.05, 0) is 31.5 Å². The second-order valence-electron chi connectivity index (χ2n) is 5.47. The van der Waals surface area contributed by atoms with Crippen LogP contribution in [0.4, 0.5) is 0 Å². The van der Waals surface area contributed by atoms with E-state index in [1.807, 2.05) is 7.05 Å². The van der Waals surface area contributed by atoms with Gasteiger partial charge in [-0.2, -0.15) is 10.2 Å². The molecule has 0 N–H and O–H groups in total. The zero-order chi connectivity index (χ0) is 15.2. The quantitative estimate of drug-likeness (QED) is 0.726. The smallest absolute Gasteiger partial charge is 0.306 e. The van der Waals surface area contributed by atoms with E-state index in [0.29, 0.717) is 24.0 Å². The Morgan fingerprint density at radius 3 is 2.67 bits per heavy atom. The lowest BCUT2D eigenvalue weighted by Crippen LogP contribution is -2.48. The van der Waals surface area contributed by atoms with Crippen LogP contribution in [0.25, 0.3) is 11.2 Å². The van der Waals surface area contributed by atoms with Gasteiger partial charge in [-0.15, -0.1) is 0 Å². The number of likely N-dealkylation sites (tertiary alicyclic amines) is 1. The standard InChI is InChI=1S/C13H15ClN6O/c1-18-5-3-13(8-15,4-6-18)20-10-9(19(2)12(20)21)7-16-11(14)17-10/h7H,3-6H2,1-2H3. The van der Waals surface area contributed by atoms with Gasteiger partial charge in [-0.1, -0.05) is 0 Å². The van der Waals surface area contributed by atoms with E-state index in [1.165, 1.54) is 15.3 Å². The van der Waals surface area contributed by atoms with Crippen LogP contribution < -0.4 is 5.69 Å². The Kier molecular flexibility index (Phi) is 3.23. The SMILES string of the molecule is CN1CCC(C#N)(n2c(=O)n(C)c3cnc(Cl)nc32)CC1. The Morgan fingerprint density at radius 2 is 2.05 bits per heavy atom. The molecule has 7 nitrogen and oxygen atoms in total. The summed E-state index contributed by atoms with van der Waals surface area (Å²) in [6, 6.07) is 2.34. The summed E-state index contributed by atoms with van der Waals surface area (Å²) >= 11 is 5.86. The van der Waals surface area contributed by atoms with Gasteiger partial charge >= 0.3 is 5.69 Å². The lowest BCUT2D eigenvalue weighted by atomic mass is 9.89. The molecular weight excluding hydrogens is 292 g/mol. The highest BCUT2D eigenvalue weighted by molar-refractivity contribution is 6.28. The van der Waals surface area contributed by atoms with Crippen molar-refractivity contribution in [3.8, 4) is 6.07 Å². The van der Waals surface area contributed by atoms with Gasteiger partial charge in [0.15, 0.2) is 5.65 Å². The molecule has 1 aliphatic rings. The molecule has 3 heterocycles. The molecule has 1 saturated heterocycles. The molecule has 8 heteroatoms. The van der Waals surface area contributed by atoms with E-state index in [1.54, 1.807) is 7.05 Å². The predicted molar refractivity (Wildman–Crippen MR) is 78.1 cm³/mol. The minimum Gasteiger partial charge on any atom is -0.306 e. The first-order chi connectivity index (χ1) is 9.98. The number of aromatic nitrogens is 4. The number of halogens is 1. The number of hydrogen-bond donors (Lipinski definition) is 0. The zero-order valence-electron chi connectivity index (χ0n) is 11.9. The Labute approximate surface area is 126 Å². The van der Waals surface area contributed by atoms with Crippen molar-refractivity contribution in [3.05, 3.63) is 22.0 Å². The summed E-state index contributed by atoms with van der Waals surface area (Å²) in [6.45, 7) is 1.52. The summed E-state index contributed by atoms with van der Waals surface area (Å²) in [7, 11) is 3.66. The fraction of sp³-hybridized carbons (Fsp3) is 0.538. The van der Waals surface area contributed by atoms with Gasteiger partial charge in [0, 0.05) is 20.1 Å². The summed E-state index contributed by atoms with van der Waals surface area (Å²) in [4.78, 5) is 22.8. The summed E-state index contributed by atoms with van der Waals surface area (Å²) < 4.78 is 2.95. The van der Waals surface area contributed by atoms with Gasteiger partial charge in [0.05, 0.1) is 12.3 Å². The van der Waals surface area contributed by atoms with Crippen molar-refractivity contribution in [3.63, 3.8) is 0 Å². The second-order valence-corrected chi connectivity index (χ2v) is 5.81. The highest BCUT2D eigenvalue weighted by Crippen LogP contribution is 2.30. The number of nitrogens with zero attached hydrogens (tertiary/aromatic N) is 6. The molecule has 0 radical (unpaired) electrons. The van der Waals surface area contributed by atoms with Crippen molar-refractivity contribution in [2.45, 2.75) is 18.4 Å². The van der Waals surface area contributed by atoms with Crippen molar-refractivity contribution in [1.82, 2.24) is 24.0 Å². The van der Waals surface area contributed by atoms with Crippen molar-refractivity contribution < 1.29 is 0 Å². The maximum absolute atomic E-state index is 12.6.